The van der Waals surface area contributed by atoms with Crippen molar-refractivity contribution in [2.45, 2.75) is 89.6 Å². The minimum atomic E-state index is -0.832. The first-order valence-corrected chi connectivity index (χ1v) is 9.02. The highest BCUT2D eigenvalue weighted by atomic mass is 17.1. The van der Waals surface area contributed by atoms with Gasteiger partial charge >= 0.3 is 0 Å². The molecular formula is C20H34O4. The molecule has 4 heteroatoms. The monoisotopic (exact) mass is 338 g/mol. The Morgan fingerprint density at radius 3 is 2.58 bits per heavy atom. The van der Waals surface area contributed by atoms with Crippen LogP contribution in [0.1, 0.15) is 66.7 Å². The Bertz CT molecular complexity index is 496. The van der Waals surface area contributed by atoms with E-state index in [1.165, 1.54) is 0 Å². The summed E-state index contributed by atoms with van der Waals surface area (Å²) in [6, 6.07) is 0. The lowest BCUT2D eigenvalue weighted by Crippen LogP contribution is -2.43. The van der Waals surface area contributed by atoms with Crippen LogP contribution in [0.5, 0.6) is 0 Å². The Kier molecular flexibility index (Phi) is 5.37. The lowest BCUT2D eigenvalue weighted by atomic mass is 9.59. The standard InChI is InChI=1S/C20H34O4/c1-7-18(4,21)13-9-15-19(5,12-8-11-17(2,3)24-22)16-10-14-20(15,6)23-16/h7-8,11,15-16,21-22H,1,9-10,12-14H2,2-6H3/b11-8+/t15-,16?,18+,19-,20?/m0/s1. The third-order valence-electron chi connectivity index (χ3n) is 6.27. The SMILES string of the molecule is C=C[C@@](C)(O)CC[C@@H]1C2(C)CCC(O2)[C@@]1(C)C/C=C/C(C)(C)OO. The number of ether oxygens (including phenoxy) is 1. The van der Waals surface area contributed by atoms with Crippen LogP contribution in [-0.2, 0) is 9.62 Å². The lowest BCUT2D eigenvalue weighted by molar-refractivity contribution is -0.297. The van der Waals surface area contributed by atoms with Crippen molar-refractivity contribution >= 4 is 0 Å². The Labute approximate surface area is 146 Å². The molecule has 138 valence electrons. The van der Waals surface area contributed by atoms with E-state index in [1.807, 2.05) is 26.8 Å². The molecule has 0 aliphatic carbocycles. The average molecular weight is 338 g/mol. The maximum Gasteiger partial charge on any atom is 0.116 e. The van der Waals surface area contributed by atoms with Gasteiger partial charge in [-0.1, -0.05) is 25.2 Å². The summed E-state index contributed by atoms with van der Waals surface area (Å²) in [5, 5.41) is 19.2. The molecule has 0 spiro atoms. The van der Waals surface area contributed by atoms with Crippen molar-refractivity contribution in [1.82, 2.24) is 0 Å². The highest BCUT2D eigenvalue weighted by Crippen LogP contribution is 2.61. The van der Waals surface area contributed by atoms with Crippen molar-refractivity contribution in [1.29, 1.82) is 0 Å². The van der Waals surface area contributed by atoms with Crippen LogP contribution >= 0.6 is 0 Å². The zero-order chi connectivity index (χ0) is 18.2. The van der Waals surface area contributed by atoms with Crippen LogP contribution in [0.2, 0.25) is 0 Å². The molecule has 0 amide bonds. The minimum absolute atomic E-state index is 0.0340. The van der Waals surface area contributed by atoms with Gasteiger partial charge in [0.1, 0.15) is 5.60 Å². The van der Waals surface area contributed by atoms with Crippen molar-refractivity contribution in [2.75, 3.05) is 0 Å². The molecule has 0 aromatic carbocycles. The largest absolute Gasteiger partial charge is 0.386 e. The molecule has 4 nitrogen and oxygen atoms in total. The fraction of sp³-hybridized carbons (Fsp3) is 0.800. The molecule has 2 N–H and O–H groups in total. The van der Waals surface area contributed by atoms with E-state index < -0.39 is 11.2 Å². The summed E-state index contributed by atoms with van der Waals surface area (Å²) in [5.41, 5.74) is -1.58. The van der Waals surface area contributed by atoms with Gasteiger partial charge in [-0.05, 0) is 65.7 Å². The third-order valence-corrected chi connectivity index (χ3v) is 6.27. The van der Waals surface area contributed by atoms with E-state index in [-0.39, 0.29) is 17.1 Å². The average Bonchev–Trinajstić information content (AvgIpc) is 2.98. The lowest BCUT2D eigenvalue weighted by Gasteiger charge is -2.42. The van der Waals surface area contributed by atoms with Crippen molar-refractivity contribution in [3.05, 3.63) is 24.8 Å². The zero-order valence-electron chi connectivity index (χ0n) is 15.8. The number of allylic oxidation sites excluding steroid dienone is 1. The maximum atomic E-state index is 10.3. The first-order chi connectivity index (χ1) is 11.0. The van der Waals surface area contributed by atoms with Crippen molar-refractivity contribution < 1.29 is 20.0 Å². The highest BCUT2D eigenvalue weighted by molar-refractivity contribution is 5.13. The molecule has 2 saturated heterocycles. The van der Waals surface area contributed by atoms with Gasteiger partial charge in [0.15, 0.2) is 0 Å². The Hall–Kier alpha value is -0.680. The predicted molar refractivity (Wildman–Crippen MR) is 95.7 cm³/mol. The minimum Gasteiger partial charge on any atom is -0.386 e. The van der Waals surface area contributed by atoms with Crippen LogP contribution < -0.4 is 0 Å². The topological polar surface area (TPSA) is 58.9 Å². The quantitative estimate of drug-likeness (QED) is 0.389. The maximum absolute atomic E-state index is 10.3. The Balaban J connectivity index is 2.14. The first-order valence-electron chi connectivity index (χ1n) is 9.02. The van der Waals surface area contributed by atoms with Gasteiger partial charge < -0.3 is 9.84 Å². The Morgan fingerprint density at radius 2 is 2.00 bits per heavy atom. The van der Waals surface area contributed by atoms with E-state index in [0.29, 0.717) is 12.3 Å². The zero-order valence-corrected chi connectivity index (χ0v) is 15.8. The number of hydrogen-bond donors (Lipinski definition) is 2. The fourth-order valence-corrected chi connectivity index (χ4v) is 4.58. The van der Waals surface area contributed by atoms with Gasteiger partial charge in [0, 0.05) is 5.41 Å². The number of aliphatic hydroxyl groups is 1. The van der Waals surface area contributed by atoms with E-state index in [1.54, 1.807) is 6.08 Å². The number of rotatable bonds is 8. The van der Waals surface area contributed by atoms with Crippen LogP contribution in [0.15, 0.2) is 24.8 Å². The summed E-state index contributed by atoms with van der Waals surface area (Å²) in [7, 11) is 0. The second kappa shape index (κ2) is 6.56. The number of hydrogen-bond acceptors (Lipinski definition) is 4. The molecular weight excluding hydrogens is 304 g/mol. The van der Waals surface area contributed by atoms with Crippen molar-refractivity contribution in [2.24, 2.45) is 11.3 Å². The number of fused-ring (bicyclic) bond motifs is 2. The second-order valence-corrected chi connectivity index (χ2v) is 8.92. The molecule has 0 aromatic heterocycles. The van der Waals surface area contributed by atoms with Crippen LogP contribution in [0, 0.1) is 11.3 Å². The summed E-state index contributed by atoms with van der Waals surface area (Å²) in [6.45, 7) is 13.7. The molecule has 0 radical (unpaired) electrons. The molecule has 24 heavy (non-hydrogen) atoms. The van der Waals surface area contributed by atoms with Crippen LogP contribution in [0.4, 0.5) is 0 Å². The van der Waals surface area contributed by atoms with Crippen LogP contribution in [0.25, 0.3) is 0 Å². The van der Waals surface area contributed by atoms with Crippen molar-refractivity contribution in [3.63, 3.8) is 0 Å². The van der Waals surface area contributed by atoms with Gasteiger partial charge in [0.25, 0.3) is 0 Å². The molecule has 2 aliphatic heterocycles. The molecule has 2 aliphatic rings. The molecule has 5 atom stereocenters. The van der Waals surface area contributed by atoms with E-state index in [9.17, 15) is 5.11 Å². The van der Waals surface area contributed by atoms with E-state index in [4.69, 9.17) is 9.99 Å². The molecule has 2 rings (SSSR count). The van der Waals surface area contributed by atoms with Gasteiger partial charge in [-0.2, -0.15) is 0 Å². The molecule has 2 fully saturated rings. The van der Waals surface area contributed by atoms with Gasteiger partial charge in [-0.3, -0.25) is 5.26 Å². The van der Waals surface area contributed by atoms with E-state index in [2.05, 4.69) is 31.4 Å². The summed E-state index contributed by atoms with van der Waals surface area (Å²) in [4.78, 5) is 4.49. The fourth-order valence-electron chi connectivity index (χ4n) is 4.58. The van der Waals surface area contributed by atoms with E-state index >= 15 is 0 Å². The second-order valence-electron chi connectivity index (χ2n) is 8.92. The molecule has 0 saturated carbocycles. The third kappa shape index (κ3) is 3.77. The van der Waals surface area contributed by atoms with Crippen LogP contribution in [0.3, 0.4) is 0 Å². The summed E-state index contributed by atoms with van der Waals surface area (Å²) in [5.74, 6) is 0.387. The summed E-state index contributed by atoms with van der Waals surface area (Å²) in [6.07, 6.45) is 10.5. The van der Waals surface area contributed by atoms with Gasteiger partial charge in [-0.15, -0.1) is 6.58 Å². The summed E-state index contributed by atoms with van der Waals surface area (Å²) >= 11 is 0. The predicted octanol–water partition coefficient (Wildman–Crippen LogP) is 4.49. The van der Waals surface area contributed by atoms with Gasteiger partial charge in [0.2, 0.25) is 0 Å². The molecule has 2 bridgehead atoms. The van der Waals surface area contributed by atoms with Gasteiger partial charge in [-0.25, -0.2) is 4.89 Å². The van der Waals surface area contributed by atoms with Crippen LogP contribution in [-0.4, -0.2) is 33.3 Å². The molecule has 0 aromatic rings. The first kappa shape index (κ1) is 19.6. The molecule has 2 heterocycles. The normalized spacial score (nSPS) is 38.6. The summed E-state index contributed by atoms with van der Waals surface area (Å²) < 4.78 is 6.37. The van der Waals surface area contributed by atoms with E-state index in [0.717, 1.165) is 25.7 Å². The Morgan fingerprint density at radius 1 is 1.33 bits per heavy atom. The van der Waals surface area contributed by atoms with Crippen molar-refractivity contribution in [3.8, 4) is 0 Å². The highest BCUT2D eigenvalue weighted by Gasteiger charge is 2.61. The van der Waals surface area contributed by atoms with Gasteiger partial charge in [0.05, 0.1) is 17.3 Å². The molecule has 2 unspecified atom stereocenters. The smallest absolute Gasteiger partial charge is 0.116 e.